The number of aliphatic hydroxyl groups excluding tert-OH is 2. The molecule has 0 spiro atoms. The van der Waals surface area contributed by atoms with Crippen molar-refractivity contribution in [1.82, 2.24) is 0 Å². The van der Waals surface area contributed by atoms with Gasteiger partial charge in [0.2, 0.25) is 0 Å². The lowest BCUT2D eigenvalue weighted by Gasteiger charge is -2.28. The second kappa shape index (κ2) is 5.87. The van der Waals surface area contributed by atoms with Gasteiger partial charge in [-0.2, -0.15) is 0 Å². The number of nitrogens with zero attached hydrogens (tertiary/aromatic N) is 1. The van der Waals surface area contributed by atoms with Gasteiger partial charge in [-0.15, -0.1) is 0 Å². The molecule has 0 amide bonds. The maximum atomic E-state index is 9.11. The predicted molar refractivity (Wildman–Crippen MR) is 66.7 cm³/mol. The smallest absolute Gasteiger partial charge is 0.0684 e. The normalized spacial score (nSPS) is 10.9. The Morgan fingerprint density at radius 1 is 1.25 bits per heavy atom. The van der Waals surface area contributed by atoms with Crippen molar-refractivity contribution in [3.8, 4) is 0 Å². The highest BCUT2D eigenvalue weighted by atomic mass is 16.3. The van der Waals surface area contributed by atoms with Gasteiger partial charge >= 0.3 is 0 Å². The first-order chi connectivity index (χ1) is 7.60. The number of rotatable bonds is 5. The van der Waals surface area contributed by atoms with Crippen LogP contribution in [0.3, 0.4) is 0 Å². The van der Waals surface area contributed by atoms with Crippen molar-refractivity contribution in [2.75, 3.05) is 18.1 Å². The highest BCUT2D eigenvalue weighted by Crippen LogP contribution is 2.21. The molecule has 1 aromatic carbocycles. The zero-order valence-corrected chi connectivity index (χ0v) is 10.3. The van der Waals surface area contributed by atoms with Gasteiger partial charge in [0.1, 0.15) is 0 Å². The van der Waals surface area contributed by atoms with Crippen LogP contribution in [0.1, 0.15) is 25.0 Å². The molecule has 90 valence electrons. The Morgan fingerprint density at radius 3 is 2.38 bits per heavy atom. The number of hydrogen-bond donors (Lipinski definition) is 2. The van der Waals surface area contributed by atoms with Crippen molar-refractivity contribution in [2.45, 2.75) is 33.4 Å². The van der Waals surface area contributed by atoms with Crippen LogP contribution < -0.4 is 4.90 Å². The molecule has 16 heavy (non-hydrogen) atoms. The second-order valence-electron chi connectivity index (χ2n) is 4.28. The molecule has 0 aliphatic carbocycles. The maximum Gasteiger partial charge on any atom is 0.0684 e. The van der Waals surface area contributed by atoms with Gasteiger partial charge in [-0.05, 0) is 44.0 Å². The zero-order valence-electron chi connectivity index (χ0n) is 10.3. The molecule has 0 bridgehead atoms. The van der Waals surface area contributed by atoms with Crippen LogP contribution in [-0.2, 0) is 6.61 Å². The molecule has 0 aromatic heterocycles. The first-order valence-electron chi connectivity index (χ1n) is 5.68. The molecule has 0 fully saturated rings. The number of benzene rings is 1. The SMILES string of the molecule is Cc1cc(N(CCO)C(C)C)ccc1CO. The molecule has 2 N–H and O–H groups in total. The van der Waals surface area contributed by atoms with Crippen molar-refractivity contribution < 1.29 is 10.2 Å². The second-order valence-corrected chi connectivity index (χ2v) is 4.28. The third-order valence-corrected chi connectivity index (χ3v) is 2.79. The minimum absolute atomic E-state index is 0.0772. The highest BCUT2D eigenvalue weighted by molar-refractivity contribution is 5.51. The third-order valence-electron chi connectivity index (χ3n) is 2.79. The van der Waals surface area contributed by atoms with Crippen LogP contribution in [0, 0.1) is 6.92 Å². The van der Waals surface area contributed by atoms with Crippen molar-refractivity contribution in [2.24, 2.45) is 0 Å². The first kappa shape index (κ1) is 13.0. The summed E-state index contributed by atoms with van der Waals surface area (Å²) in [6.45, 7) is 7.06. The van der Waals surface area contributed by atoms with E-state index in [-0.39, 0.29) is 13.2 Å². The lowest BCUT2D eigenvalue weighted by atomic mass is 10.1. The molecule has 0 aliphatic rings. The van der Waals surface area contributed by atoms with E-state index in [0.717, 1.165) is 16.8 Å². The van der Waals surface area contributed by atoms with E-state index in [4.69, 9.17) is 10.2 Å². The van der Waals surface area contributed by atoms with Gasteiger partial charge in [0, 0.05) is 18.3 Å². The van der Waals surface area contributed by atoms with Crippen LogP contribution in [0.5, 0.6) is 0 Å². The minimum atomic E-state index is 0.0772. The molecule has 0 atom stereocenters. The van der Waals surface area contributed by atoms with E-state index in [0.29, 0.717) is 12.6 Å². The number of aliphatic hydroxyl groups is 2. The molecule has 0 heterocycles. The fraction of sp³-hybridized carbons (Fsp3) is 0.538. The largest absolute Gasteiger partial charge is 0.395 e. The van der Waals surface area contributed by atoms with Gasteiger partial charge in [-0.3, -0.25) is 0 Å². The van der Waals surface area contributed by atoms with Gasteiger partial charge in [-0.25, -0.2) is 0 Å². The molecule has 3 nitrogen and oxygen atoms in total. The van der Waals surface area contributed by atoms with E-state index in [1.165, 1.54) is 0 Å². The topological polar surface area (TPSA) is 43.7 Å². The Bertz CT molecular complexity index is 337. The molecule has 3 heteroatoms. The van der Waals surface area contributed by atoms with Crippen LogP contribution in [0.15, 0.2) is 18.2 Å². The van der Waals surface area contributed by atoms with Crippen molar-refractivity contribution in [3.05, 3.63) is 29.3 Å². The average molecular weight is 223 g/mol. The number of anilines is 1. The van der Waals surface area contributed by atoms with Crippen LogP contribution in [0.4, 0.5) is 5.69 Å². The Kier molecular flexibility index (Phi) is 4.77. The number of hydrogen-bond acceptors (Lipinski definition) is 3. The third kappa shape index (κ3) is 2.97. The molecular weight excluding hydrogens is 202 g/mol. The Morgan fingerprint density at radius 2 is 1.94 bits per heavy atom. The van der Waals surface area contributed by atoms with E-state index >= 15 is 0 Å². The quantitative estimate of drug-likeness (QED) is 0.798. The van der Waals surface area contributed by atoms with Crippen LogP contribution in [0.25, 0.3) is 0 Å². The van der Waals surface area contributed by atoms with E-state index in [1.54, 1.807) is 0 Å². The zero-order chi connectivity index (χ0) is 12.1. The van der Waals surface area contributed by atoms with Gasteiger partial charge in [-0.1, -0.05) is 6.07 Å². The minimum Gasteiger partial charge on any atom is -0.395 e. The Balaban J connectivity index is 2.97. The lowest BCUT2D eigenvalue weighted by Crippen LogP contribution is -2.33. The standard InChI is InChI=1S/C13H21NO2/c1-10(2)14(6-7-15)13-5-4-12(9-16)11(3)8-13/h4-5,8,10,15-16H,6-7,9H2,1-3H3. The van der Waals surface area contributed by atoms with Crippen LogP contribution in [-0.4, -0.2) is 29.4 Å². The highest BCUT2D eigenvalue weighted by Gasteiger charge is 2.10. The van der Waals surface area contributed by atoms with Crippen LogP contribution >= 0.6 is 0 Å². The van der Waals surface area contributed by atoms with Crippen LogP contribution in [0.2, 0.25) is 0 Å². The summed E-state index contributed by atoms with van der Waals surface area (Å²) in [4.78, 5) is 2.15. The maximum absolute atomic E-state index is 9.11. The average Bonchev–Trinajstić information content (AvgIpc) is 2.25. The summed E-state index contributed by atoms with van der Waals surface area (Å²) in [6.07, 6.45) is 0. The molecular formula is C13H21NO2. The van der Waals surface area contributed by atoms with E-state index in [1.807, 2.05) is 19.1 Å². The van der Waals surface area contributed by atoms with E-state index in [9.17, 15) is 0 Å². The summed E-state index contributed by atoms with van der Waals surface area (Å²) in [5.41, 5.74) is 3.14. The summed E-state index contributed by atoms with van der Waals surface area (Å²) in [5.74, 6) is 0. The van der Waals surface area contributed by atoms with E-state index in [2.05, 4.69) is 24.8 Å². The van der Waals surface area contributed by atoms with Gasteiger partial charge in [0.15, 0.2) is 0 Å². The predicted octanol–water partition coefficient (Wildman–Crippen LogP) is 1.69. The van der Waals surface area contributed by atoms with Gasteiger partial charge < -0.3 is 15.1 Å². The summed E-state index contributed by atoms with van der Waals surface area (Å²) >= 11 is 0. The summed E-state index contributed by atoms with van der Waals surface area (Å²) < 4.78 is 0. The summed E-state index contributed by atoms with van der Waals surface area (Å²) in [5, 5.41) is 18.1. The molecule has 1 aromatic rings. The number of aryl methyl sites for hydroxylation is 1. The monoisotopic (exact) mass is 223 g/mol. The fourth-order valence-corrected chi connectivity index (χ4v) is 1.83. The summed E-state index contributed by atoms with van der Waals surface area (Å²) in [7, 11) is 0. The van der Waals surface area contributed by atoms with Crippen molar-refractivity contribution in [1.29, 1.82) is 0 Å². The molecule has 1 rings (SSSR count). The van der Waals surface area contributed by atoms with Gasteiger partial charge in [0.05, 0.1) is 13.2 Å². The van der Waals surface area contributed by atoms with E-state index < -0.39 is 0 Å². The fourth-order valence-electron chi connectivity index (χ4n) is 1.83. The summed E-state index contributed by atoms with van der Waals surface area (Å²) in [6, 6.07) is 6.35. The Labute approximate surface area is 97.3 Å². The Hall–Kier alpha value is -1.06. The van der Waals surface area contributed by atoms with Crippen molar-refractivity contribution in [3.63, 3.8) is 0 Å². The molecule has 0 unspecified atom stereocenters. The van der Waals surface area contributed by atoms with Crippen molar-refractivity contribution >= 4 is 5.69 Å². The molecule has 0 aliphatic heterocycles. The molecule has 0 saturated heterocycles. The van der Waals surface area contributed by atoms with Gasteiger partial charge in [0.25, 0.3) is 0 Å². The molecule has 0 radical (unpaired) electrons. The lowest BCUT2D eigenvalue weighted by molar-refractivity contribution is 0.281. The first-order valence-corrected chi connectivity index (χ1v) is 5.68. The molecule has 0 saturated carbocycles.